The monoisotopic (exact) mass is 387 g/mol. The number of nitro groups is 1. The molecule has 3 aromatic rings. The van der Waals surface area contributed by atoms with Crippen LogP contribution in [0.1, 0.15) is 5.56 Å². The van der Waals surface area contributed by atoms with Gasteiger partial charge in [0.15, 0.2) is 5.82 Å². The zero-order valence-corrected chi connectivity index (χ0v) is 14.9. The van der Waals surface area contributed by atoms with Gasteiger partial charge in [-0.15, -0.1) is 5.10 Å². The molecular weight excluding hydrogens is 373 g/mol. The van der Waals surface area contributed by atoms with E-state index >= 15 is 0 Å². The van der Waals surface area contributed by atoms with E-state index in [1.54, 1.807) is 37.3 Å². The van der Waals surface area contributed by atoms with Crippen molar-refractivity contribution in [2.24, 2.45) is 0 Å². The van der Waals surface area contributed by atoms with Gasteiger partial charge in [-0.25, -0.2) is 9.37 Å². The number of hydrogen-bond donors (Lipinski definition) is 2. The van der Waals surface area contributed by atoms with Crippen LogP contribution < -0.4 is 5.32 Å². The van der Waals surface area contributed by atoms with Crippen molar-refractivity contribution in [1.82, 2.24) is 15.2 Å². The van der Waals surface area contributed by atoms with Crippen molar-refractivity contribution in [3.63, 3.8) is 0 Å². The molecule has 0 aliphatic carbocycles. The number of amides is 1. The van der Waals surface area contributed by atoms with Gasteiger partial charge in [0, 0.05) is 6.07 Å². The summed E-state index contributed by atoms with van der Waals surface area (Å²) in [6.07, 6.45) is 0. The number of hydrogen-bond acceptors (Lipinski definition) is 6. The molecule has 0 spiro atoms. The molecule has 1 heterocycles. The molecule has 0 aliphatic rings. The summed E-state index contributed by atoms with van der Waals surface area (Å²) in [7, 11) is 0. The fraction of sp³-hybridized carbons (Fsp3) is 0.118. The SMILES string of the molecule is Cc1cccc([N+](=O)[O-])c1NC(=O)CSc1n[nH]c(-c2ccccc2F)n1. The maximum atomic E-state index is 13.8. The number of halogens is 1. The Balaban J connectivity index is 1.66. The lowest BCUT2D eigenvalue weighted by molar-refractivity contribution is -0.384. The highest BCUT2D eigenvalue weighted by Crippen LogP contribution is 2.28. The lowest BCUT2D eigenvalue weighted by Crippen LogP contribution is -2.16. The van der Waals surface area contributed by atoms with Gasteiger partial charge >= 0.3 is 0 Å². The van der Waals surface area contributed by atoms with Crippen LogP contribution in [-0.4, -0.2) is 31.8 Å². The first-order chi connectivity index (χ1) is 13.0. The summed E-state index contributed by atoms with van der Waals surface area (Å²) in [5.74, 6) is -0.671. The predicted molar refractivity (Wildman–Crippen MR) is 99.0 cm³/mol. The fourth-order valence-corrected chi connectivity index (χ4v) is 2.96. The molecule has 0 bridgehead atoms. The van der Waals surface area contributed by atoms with E-state index in [0.717, 1.165) is 11.8 Å². The van der Waals surface area contributed by atoms with Gasteiger partial charge in [0.05, 0.1) is 16.2 Å². The molecule has 0 radical (unpaired) electrons. The minimum Gasteiger partial charge on any atom is -0.319 e. The van der Waals surface area contributed by atoms with Gasteiger partial charge < -0.3 is 5.32 Å². The zero-order valence-electron chi connectivity index (χ0n) is 14.1. The lowest BCUT2D eigenvalue weighted by atomic mass is 10.1. The van der Waals surface area contributed by atoms with Crippen LogP contribution in [0.15, 0.2) is 47.6 Å². The third kappa shape index (κ3) is 4.29. The minimum absolute atomic E-state index is 0.0555. The zero-order chi connectivity index (χ0) is 19.4. The number of para-hydroxylation sites is 1. The van der Waals surface area contributed by atoms with Crippen LogP contribution in [0.5, 0.6) is 0 Å². The Hall–Kier alpha value is -3.27. The van der Waals surface area contributed by atoms with Crippen molar-refractivity contribution < 1.29 is 14.1 Å². The topological polar surface area (TPSA) is 114 Å². The lowest BCUT2D eigenvalue weighted by Gasteiger charge is -2.08. The van der Waals surface area contributed by atoms with Gasteiger partial charge in [0.2, 0.25) is 11.1 Å². The number of aromatic nitrogens is 3. The molecule has 2 N–H and O–H groups in total. The van der Waals surface area contributed by atoms with Crippen LogP contribution in [0.2, 0.25) is 0 Å². The quantitative estimate of drug-likeness (QED) is 0.380. The number of thioether (sulfide) groups is 1. The maximum absolute atomic E-state index is 13.8. The van der Waals surface area contributed by atoms with Crippen LogP contribution in [-0.2, 0) is 4.79 Å². The number of carbonyl (C=O) groups excluding carboxylic acids is 1. The Morgan fingerprint density at radius 3 is 2.81 bits per heavy atom. The fourth-order valence-electron chi connectivity index (χ4n) is 2.36. The largest absolute Gasteiger partial charge is 0.319 e. The third-order valence-corrected chi connectivity index (χ3v) is 4.49. The highest BCUT2D eigenvalue weighted by Gasteiger charge is 2.18. The van der Waals surface area contributed by atoms with E-state index in [1.165, 1.54) is 12.1 Å². The first-order valence-corrected chi connectivity index (χ1v) is 8.78. The van der Waals surface area contributed by atoms with Crippen molar-refractivity contribution in [1.29, 1.82) is 0 Å². The molecular formula is C17H14FN5O3S. The molecule has 3 rings (SSSR count). The molecule has 1 amide bonds. The molecule has 0 unspecified atom stereocenters. The van der Waals surface area contributed by atoms with Gasteiger partial charge in [-0.1, -0.05) is 36.0 Å². The number of rotatable bonds is 6. The second-order valence-corrected chi connectivity index (χ2v) is 6.45. The van der Waals surface area contributed by atoms with Crippen molar-refractivity contribution in [3.8, 4) is 11.4 Å². The molecule has 0 saturated carbocycles. The average Bonchev–Trinajstić information content (AvgIpc) is 3.10. The minimum atomic E-state index is -0.550. The van der Waals surface area contributed by atoms with Crippen molar-refractivity contribution in [3.05, 3.63) is 64.0 Å². The van der Waals surface area contributed by atoms with Gasteiger partial charge in [-0.2, -0.15) is 0 Å². The number of nitro benzene ring substituents is 1. The predicted octanol–water partition coefficient (Wildman–Crippen LogP) is 3.56. The molecule has 8 nitrogen and oxygen atoms in total. The molecule has 2 aromatic carbocycles. The molecule has 10 heteroatoms. The Morgan fingerprint density at radius 1 is 1.30 bits per heavy atom. The smallest absolute Gasteiger partial charge is 0.293 e. The van der Waals surface area contributed by atoms with E-state index in [1.807, 2.05) is 0 Å². The van der Waals surface area contributed by atoms with Gasteiger partial charge in [0.1, 0.15) is 11.5 Å². The van der Waals surface area contributed by atoms with Crippen LogP contribution >= 0.6 is 11.8 Å². The van der Waals surface area contributed by atoms with Crippen molar-refractivity contribution in [2.45, 2.75) is 12.1 Å². The average molecular weight is 387 g/mol. The number of anilines is 1. The Labute approximate surface area is 157 Å². The first kappa shape index (κ1) is 18.5. The molecule has 138 valence electrons. The Bertz CT molecular complexity index is 1010. The normalized spacial score (nSPS) is 10.6. The number of H-pyrrole nitrogens is 1. The second-order valence-electron chi connectivity index (χ2n) is 5.51. The van der Waals surface area contributed by atoms with Crippen molar-refractivity contribution in [2.75, 3.05) is 11.1 Å². The summed E-state index contributed by atoms with van der Waals surface area (Å²) < 4.78 is 13.8. The van der Waals surface area contributed by atoms with Crippen LogP contribution in [0.4, 0.5) is 15.8 Å². The number of nitrogens with zero attached hydrogens (tertiary/aromatic N) is 3. The van der Waals surface area contributed by atoms with E-state index in [9.17, 15) is 19.3 Å². The number of carbonyl (C=O) groups is 1. The summed E-state index contributed by atoms with van der Waals surface area (Å²) in [4.78, 5) is 26.9. The molecule has 0 saturated heterocycles. The van der Waals surface area contributed by atoms with E-state index in [4.69, 9.17) is 0 Å². The van der Waals surface area contributed by atoms with E-state index in [-0.39, 0.29) is 33.7 Å². The molecule has 27 heavy (non-hydrogen) atoms. The molecule has 0 atom stereocenters. The van der Waals surface area contributed by atoms with Gasteiger partial charge in [-0.05, 0) is 24.6 Å². The number of aryl methyl sites for hydroxylation is 1. The summed E-state index contributed by atoms with van der Waals surface area (Å²) in [6.45, 7) is 1.67. The van der Waals surface area contributed by atoms with Crippen LogP contribution in [0.25, 0.3) is 11.4 Å². The maximum Gasteiger partial charge on any atom is 0.293 e. The third-order valence-electron chi connectivity index (χ3n) is 3.64. The number of aromatic amines is 1. The van der Waals surface area contributed by atoms with Gasteiger partial charge in [0.25, 0.3) is 5.69 Å². The summed E-state index contributed by atoms with van der Waals surface area (Å²) in [6, 6.07) is 10.7. The molecule has 1 aromatic heterocycles. The summed E-state index contributed by atoms with van der Waals surface area (Å²) in [5, 5.41) is 20.5. The molecule has 0 fully saturated rings. The number of nitrogens with one attached hydrogen (secondary N) is 2. The van der Waals surface area contributed by atoms with E-state index < -0.39 is 16.6 Å². The summed E-state index contributed by atoms with van der Waals surface area (Å²) in [5.41, 5.74) is 0.849. The van der Waals surface area contributed by atoms with E-state index in [0.29, 0.717) is 5.56 Å². The Morgan fingerprint density at radius 2 is 2.07 bits per heavy atom. The van der Waals surface area contributed by atoms with Crippen LogP contribution in [0, 0.1) is 22.9 Å². The summed E-state index contributed by atoms with van der Waals surface area (Å²) >= 11 is 1.03. The van der Waals surface area contributed by atoms with Crippen LogP contribution in [0.3, 0.4) is 0 Å². The molecule has 0 aliphatic heterocycles. The van der Waals surface area contributed by atoms with Crippen molar-refractivity contribution >= 4 is 29.0 Å². The van der Waals surface area contributed by atoms with Gasteiger partial charge in [-0.3, -0.25) is 20.0 Å². The number of benzene rings is 2. The highest BCUT2D eigenvalue weighted by atomic mass is 32.2. The standard InChI is InChI=1S/C17H14FN5O3S/c1-10-5-4-8-13(23(25)26)15(10)19-14(24)9-27-17-20-16(21-22-17)11-6-2-3-7-12(11)18/h2-8H,9H2,1H3,(H,19,24)(H,20,21,22). The van der Waals surface area contributed by atoms with E-state index in [2.05, 4.69) is 20.5 Å². The second kappa shape index (κ2) is 7.96. The first-order valence-electron chi connectivity index (χ1n) is 7.79. The Kier molecular flexibility index (Phi) is 5.46. The highest BCUT2D eigenvalue weighted by molar-refractivity contribution is 7.99.